The minimum absolute atomic E-state index is 0.222. The van der Waals surface area contributed by atoms with Crippen LogP contribution in [0.3, 0.4) is 0 Å². The summed E-state index contributed by atoms with van der Waals surface area (Å²) >= 11 is 6.23. The number of unbranched alkanes of at least 4 members (excludes halogenated alkanes) is 9. The number of nitrogens with zero attached hydrogens (tertiary/aromatic N) is 2. The quantitative estimate of drug-likeness (QED) is 0.0565. The Morgan fingerprint density at radius 3 is 2.10 bits per heavy atom. The molecule has 0 aliphatic rings. The molecule has 0 unspecified atom stereocenters. The Kier molecular flexibility index (Phi) is 11.8. The Labute approximate surface area is 269 Å². The van der Waals surface area contributed by atoms with Crippen molar-refractivity contribution >= 4 is 78.1 Å². The van der Waals surface area contributed by atoms with Gasteiger partial charge in [-0.3, -0.25) is 0 Å². The summed E-state index contributed by atoms with van der Waals surface area (Å²) in [5, 5.41) is 9.34. The summed E-state index contributed by atoms with van der Waals surface area (Å²) in [5.41, 5.74) is 1.73. The van der Waals surface area contributed by atoms with Gasteiger partial charge < -0.3 is 0 Å². The van der Waals surface area contributed by atoms with Crippen LogP contribution in [-0.2, 0) is 19.3 Å². The number of fused-ring (bicyclic) bond motifs is 1. The third kappa shape index (κ3) is 8.46. The fraction of sp³-hybridized carbons (Fsp3) is 0.412. The first-order valence-electron chi connectivity index (χ1n) is 14.7. The molecule has 41 heavy (non-hydrogen) atoms. The molecular formula is C34H36N2S3Se2. The molecule has 5 aromatic rings. The van der Waals surface area contributed by atoms with Crippen LogP contribution in [0.1, 0.15) is 100 Å². The van der Waals surface area contributed by atoms with Gasteiger partial charge in [-0.05, 0) is 0 Å². The fourth-order valence-corrected chi connectivity index (χ4v) is 13.5. The van der Waals surface area contributed by atoms with E-state index in [1.165, 1.54) is 113 Å². The van der Waals surface area contributed by atoms with Gasteiger partial charge in [0.2, 0.25) is 0 Å². The number of aryl methyl sites for hydroxylation is 1. The molecular weight excluding hydrogens is 691 g/mol. The second-order valence-corrected chi connectivity index (χ2v) is 18.6. The van der Waals surface area contributed by atoms with Gasteiger partial charge in [-0.2, -0.15) is 0 Å². The summed E-state index contributed by atoms with van der Waals surface area (Å²) < 4.78 is 6.69. The van der Waals surface area contributed by atoms with Crippen LogP contribution in [0.25, 0.3) is 23.6 Å². The zero-order valence-electron chi connectivity index (χ0n) is 23.7. The van der Waals surface area contributed by atoms with E-state index in [4.69, 9.17) is 6.57 Å². The topological polar surface area (TPSA) is 28.1 Å². The van der Waals surface area contributed by atoms with Crippen molar-refractivity contribution in [3.8, 4) is 15.4 Å². The van der Waals surface area contributed by atoms with Crippen molar-refractivity contribution in [2.75, 3.05) is 0 Å². The van der Waals surface area contributed by atoms with Crippen LogP contribution in [0, 0.1) is 17.9 Å². The molecule has 7 heteroatoms. The molecule has 0 saturated carbocycles. The van der Waals surface area contributed by atoms with Crippen molar-refractivity contribution in [3.63, 3.8) is 0 Å². The van der Waals surface area contributed by atoms with Crippen LogP contribution in [0.4, 0.5) is 5.69 Å². The van der Waals surface area contributed by atoms with Gasteiger partial charge in [0.05, 0.1) is 0 Å². The van der Waals surface area contributed by atoms with E-state index in [1.54, 1.807) is 0 Å². The molecule has 0 spiro atoms. The first kappa shape index (κ1) is 30.8. The summed E-state index contributed by atoms with van der Waals surface area (Å²) in [6.07, 6.45) is 16.8. The van der Waals surface area contributed by atoms with E-state index >= 15 is 0 Å². The molecule has 5 heterocycles. The van der Waals surface area contributed by atoms with E-state index in [1.807, 2.05) is 40.1 Å². The molecule has 0 radical (unpaired) electrons. The Morgan fingerprint density at radius 1 is 0.780 bits per heavy atom. The summed E-state index contributed by atoms with van der Waals surface area (Å²) in [7, 11) is 0. The number of nitriles is 1. The molecule has 0 aliphatic carbocycles. The van der Waals surface area contributed by atoms with E-state index in [2.05, 4.69) is 53.1 Å². The van der Waals surface area contributed by atoms with E-state index in [0.29, 0.717) is 14.5 Å². The zero-order chi connectivity index (χ0) is 28.4. The molecule has 0 N–H and O–H groups in total. The van der Waals surface area contributed by atoms with Crippen molar-refractivity contribution in [1.82, 2.24) is 0 Å². The Hall–Kier alpha value is -1.66. The van der Waals surface area contributed by atoms with Crippen molar-refractivity contribution in [2.45, 2.75) is 90.4 Å². The molecule has 0 saturated heterocycles. The van der Waals surface area contributed by atoms with Crippen LogP contribution < -0.4 is 0 Å². The minimum atomic E-state index is 0.222. The summed E-state index contributed by atoms with van der Waals surface area (Å²) in [6, 6.07) is 15.8. The van der Waals surface area contributed by atoms with Gasteiger partial charge in [0, 0.05) is 0 Å². The monoisotopic (exact) mass is 728 g/mol. The molecule has 5 aromatic heterocycles. The van der Waals surface area contributed by atoms with Crippen molar-refractivity contribution in [1.29, 1.82) is 5.26 Å². The van der Waals surface area contributed by atoms with Gasteiger partial charge in [-0.25, -0.2) is 0 Å². The van der Waals surface area contributed by atoms with Crippen molar-refractivity contribution in [3.05, 3.63) is 81.8 Å². The van der Waals surface area contributed by atoms with Gasteiger partial charge in [0.1, 0.15) is 0 Å². The Bertz CT molecular complexity index is 1600. The second-order valence-electron chi connectivity index (χ2n) is 10.6. The Balaban J connectivity index is 1.13. The van der Waals surface area contributed by atoms with Crippen molar-refractivity contribution in [2.24, 2.45) is 0 Å². The predicted octanol–water partition coefficient (Wildman–Crippen LogP) is 10.9. The first-order chi connectivity index (χ1) is 20.2. The standard InChI is InChI=1S/C34H36N2S3Se2/c1-3-4-5-6-7-8-9-10-11-12-13-25-14-15-29(37-25)34-22-28(36-2)33(41-34)21-27-19-31-30(39-27)18-26(38-31)20-32-24(23-35)16-17-40-32/h14-19,22H,3-13,20-21H2,1H3. The average molecular weight is 727 g/mol. The van der Waals surface area contributed by atoms with Crippen LogP contribution in [0.5, 0.6) is 0 Å². The SMILES string of the molecule is [C-]#[N+]c1cc(-c2ccc(CCCCCCCCCCCC)s2)[se]c1Cc1cc2sc(Cc3[se]ccc3C#N)cc2s1. The maximum atomic E-state index is 9.34. The van der Waals surface area contributed by atoms with Crippen LogP contribution >= 0.6 is 34.0 Å². The summed E-state index contributed by atoms with van der Waals surface area (Å²) in [4.78, 5) is 11.7. The molecule has 5 rings (SSSR count). The number of thiophene rings is 3. The van der Waals surface area contributed by atoms with Gasteiger partial charge in [-0.15, -0.1) is 0 Å². The van der Waals surface area contributed by atoms with Gasteiger partial charge >= 0.3 is 245 Å². The van der Waals surface area contributed by atoms with Crippen LogP contribution in [0.15, 0.2) is 41.3 Å². The fourth-order valence-electron chi connectivity index (χ4n) is 5.20. The molecule has 0 aliphatic heterocycles. The zero-order valence-corrected chi connectivity index (χ0v) is 29.5. The molecule has 212 valence electrons. The predicted molar refractivity (Wildman–Crippen MR) is 182 cm³/mol. The van der Waals surface area contributed by atoms with Crippen molar-refractivity contribution < 1.29 is 0 Å². The number of rotatable bonds is 16. The third-order valence-electron chi connectivity index (χ3n) is 7.43. The number of hydrogen-bond acceptors (Lipinski definition) is 4. The van der Waals surface area contributed by atoms with E-state index in [-0.39, 0.29) is 14.5 Å². The maximum absolute atomic E-state index is 9.34. The number of hydrogen-bond donors (Lipinski definition) is 0. The van der Waals surface area contributed by atoms with Gasteiger partial charge in [-0.1, -0.05) is 26.2 Å². The van der Waals surface area contributed by atoms with E-state index in [9.17, 15) is 5.26 Å². The second kappa shape index (κ2) is 15.7. The molecule has 0 fully saturated rings. The molecule has 0 bridgehead atoms. The summed E-state index contributed by atoms with van der Waals surface area (Å²) in [6.45, 7) is 10.1. The Morgan fingerprint density at radius 2 is 1.44 bits per heavy atom. The molecule has 0 amide bonds. The normalized spacial score (nSPS) is 11.3. The molecule has 0 atom stereocenters. The summed E-state index contributed by atoms with van der Waals surface area (Å²) in [5.74, 6) is 0. The van der Waals surface area contributed by atoms with E-state index < -0.39 is 0 Å². The van der Waals surface area contributed by atoms with Crippen LogP contribution in [-0.4, -0.2) is 29.0 Å². The molecule has 0 aromatic carbocycles. The van der Waals surface area contributed by atoms with Gasteiger partial charge in [0.15, 0.2) is 0 Å². The molecule has 2 nitrogen and oxygen atoms in total. The average Bonchev–Trinajstić information content (AvgIpc) is 3.79. The van der Waals surface area contributed by atoms with E-state index in [0.717, 1.165) is 24.1 Å². The van der Waals surface area contributed by atoms with Crippen LogP contribution in [0.2, 0.25) is 0 Å². The van der Waals surface area contributed by atoms with Gasteiger partial charge in [0.25, 0.3) is 0 Å². The first-order valence-corrected chi connectivity index (χ1v) is 20.7. The third-order valence-corrected chi connectivity index (χ3v) is 15.6.